The summed E-state index contributed by atoms with van der Waals surface area (Å²) >= 11 is 3.03. The van der Waals surface area contributed by atoms with Crippen LogP contribution in [-0.4, -0.2) is 20.7 Å². The van der Waals surface area contributed by atoms with E-state index in [0.29, 0.717) is 10.8 Å². The van der Waals surface area contributed by atoms with E-state index in [2.05, 4.69) is 15.4 Å². The molecule has 0 fully saturated rings. The molecule has 96 valence electrons. The Bertz CT molecular complexity index is 699. The zero-order valence-corrected chi connectivity index (χ0v) is 11.7. The van der Waals surface area contributed by atoms with Crippen molar-refractivity contribution in [1.82, 2.24) is 14.8 Å². The van der Waals surface area contributed by atoms with Crippen LogP contribution in [0.5, 0.6) is 0 Å². The molecule has 0 atom stereocenters. The van der Waals surface area contributed by atoms with E-state index in [1.807, 2.05) is 22.9 Å². The lowest BCUT2D eigenvalue weighted by atomic mass is 10.4. The van der Waals surface area contributed by atoms with Crippen molar-refractivity contribution in [3.8, 4) is 10.6 Å². The summed E-state index contributed by atoms with van der Waals surface area (Å²) in [5.41, 5.74) is 1.27. The second kappa shape index (κ2) is 4.94. The van der Waals surface area contributed by atoms with Crippen LogP contribution in [0.15, 0.2) is 35.2 Å². The lowest BCUT2D eigenvalue weighted by Crippen LogP contribution is -2.12. The number of anilines is 1. The molecule has 7 heteroatoms. The van der Waals surface area contributed by atoms with Crippen molar-refractivity contribution in [3.63, 3.8) is 0 Å². The first kappa shape index (κ1) is 12.1. The highest BCUT2D eigenvalue weighted by Gasteiger charge is 2.12. The topological polar surface area (TPSA) is 59.8 Å². The van der Waals surface area contributed by atoms with Crippen LogP contribution in [0.1, 0.15) is 10.5 Å². The average molecular weight is 290 g/mol. The molecule has 0 spiro atoms. The van der Waals surface area contributed by atoms with E-state index in [9.17, 15) is 4.79 Å². The van der Waals surface area contributed by atoms with Gasteiger partial charge in [0.15, 0.2) is 10.8 Å². The van der Waals surface area contributed by atoms with E-state index in [-0.39, 0.29) is 5.91 Å². The summed E-state index contributed by atoms with van der Waals surface area (Å²) in [7, 11) is 1.77. The fraction of sp³-hybridized carbons (Fsp3) is 0.0833. The number of amides is 1. The van der Waals surface area contributed by atoms with Crippen LogP contribution >= 0.6 is 22.7 Å². The normalized spacial score (nSPS) is 10.6. The van der Waals surface area contributed by atoms with E-state index < -0.39 is 0 Å². The summed E-state index contributed by atoms with van der Waals surface area (Å²) in [6.45, 7) is 0. The first-order chi connectivity index (χ1) is 9.22. The zero-order valence-electron chi connectivity index (χ0n) is 10.0. The van der Waals surface area contributed by atoms with Crippen LogP contribution in [0.3, 0.4) is 0 Å². The molecule has 0 aliphatic carbocycles. The van der Waals surface area contributed by atoms with Gasteiger partial charge < -0.3 is 0 Å². The molecule has 3 rings (SSSR count). The molecule has 0 saturated carbocycles. The van der Waals surface area contributed by atoms with Gasteiger partial charge in [-0.25, -0.2) is 4.98 Å². The number of nitrogens with zero attached hydrogens (tertiary/aromatic N) is 3. The predicted molar refractivity (Wildman–Crippen MR) is 76.6 cm³/mol. The first-order valence-corrected chi connectivity index (χ1v) is 7.29. The number of thiophene rings is 1. The standard InChI is InChI=1S/C12H10N4OS2/c1-16-5-4-8(15-16)11(17)14-12-13-9(7-19-12)10-3-2-6-18-10/h2-7H,1H3,(H,13,14,17). The maximum Gasteiger partial charge on any atom is 0.277 e. The highest BCUT2D eigenvalue weighted by atomic mass is 32.1. The quantitative estimate of drug-likeness (QED) is 0.807. The molecule has 3 aromatic heterocycles. The zero-order chi connectivity index (χ0) is 13.2. The SMILES string of the molecule is Cn1ccc(C(=O)Nc2nc(-c3cccs3)cs2)n1. The molecule has 0 aromatic carbocycles. The highest BCUT2D eigenvalue weighted by molar-refractivity contribution is 7.16. The molecule has 0 aliphatic rings. The number of nitrogens with one attached hydrogen (secondary N) is 1. The third-order valence-corrected chi connectivity index (χ3v) is 4.09. The number of carbonyl (C=O) groups is 1. The summed E-state index contributed by atoms with van der Waals surface area (Å²) in [5, 5.41) is 11.3. The van der Waals surface area contributed by atoms with Gasteiger partial charge in [0.25, 0.3) is 5.91 Å². The molecule has 3 aromatic rings. The minimum atomic E-state index is -0.243. The number of hydrogen-bond donors (Lipinski definition) is 1. The van der Waals surface area contributed by atoms with Gasteiger partial charge in [-0.2, -0.15) is 5.10 Å². The maximum atomic E-state index is 11.9. The van der Waals surface area contributed by atoms with Crippen molar-refractivity contribution in [3.05, 3.63) is 40.8 Å². The number of thiazole rings is 1. The number of aromatic nitrogens is 3. The molecule has 1 amide bonds. The third-order valence-electron chi connectivity index (χ3n) is 2.44. The molecule has 5 nitrogen and oxygen atoms in total. The summed E-state index contributed by atoms with van der Waals surface area (Å²) in [6.07, 6.45) is 1.73. The molecule has 3 heterocycles. The van der Waals surface area contributed by atoms with E-state index in [0.717, 1.165) is 10.6 Å². The van der Waals surface area contributed by atoms with E-state index in [1.165, 1.54) is 11.3 Å². The van der Waals surface area contributed by atoms with Crippen molar-refractivity contribution in [2.45, 2.75) is 0 Å². The van der Waals surface area contributed by atoms with Crippen molar-refractivity contribution in [2.75, 3.05) is 5.32 Å². The molecule has 0 saturated heterocycles. The number of aryl methyl sites for hydroxylation is 1. The highest BCUT2D eigenvalue weighted by Crippen LogP contribution is 2.28. The Kier molecular flexibility index (Phi) is 3.14. The van der Waals surface area contributed by atoms with Crippen LogP contribution in [0, 0.1) is 0 Å². The van der Waals surface area contributed by atoms with E-state index in [4.69, 9.17) is 0 Å². The van der Waals surface area contributed by atoms with Crippen molar-refractivity contribution in [1.29, 1.82) is 0 Å². The lowest BCUT2D eigenvalue weighted by molar-refractivity contribution is 0.102. The second-order valence-electron chi connectivity index (χ2n) is 3.84. The Balaban J connectivity index is 1.76. The number of rotatable bonds is 3. The Hall–Kier alpha value is -1.99. The molecule has 0 radical (unpaired) electrons. The first-order valence-electron chi connectivity index (χ1n) is 5.53. The summed E-state index contributed by atoms with van der Waals surface area (Å²) in [6, 6.07) is 5.65. The largest absolute Gasteiger partial charge is 0.296 e. The van der Waals surface area contributed by atoms with Gasteiger partial charge in [-0.3, -0.25) is 14.8 Å². The van der Waals surface area contributed by atoms with Gasteiger partial charge in [0, 0.05) is 18.6 Å². The second-order valence-corrected chi connectivity index (χ2v) is 5.65. The van der Waals surface area contributed by atoms with Gasteiger partial charge >= 0.3 is 0 Å². The number of hydrogen-bond acceptors (Lipinski definition) is 5. The monoisotopic (exact) mass is 290 g/mol. The third kappa shape index (κ3) is 2.56. The van der Waals surface area contributed by atoms with Gasteiger partial charge in [0.1, 0.15) is 0 Å². The molecular formula is C12H10N4OS2. The van der Waals surface area contributed by atoms with Gasteiger partial charge in [-0.05, 0) is 17.5 Å². The Morgan fingerprint density at radius 2 is 2.26 bits per heavy atom. The number of carbonyl (C=O) groups excluding carboxylic acids is 1. The maximum absolute atomic E-state index is 11.9. The molecule has 1 N–H and O–H groups in total. The molecule has 19 heavy (non-hydrogen) atoms. The summed E-state index contributed by atoms with van der Waals surface area (Å²) in [5.74, 6) is -0.243. The van der Waals surface area contributed by atoms with E-state index >= 15 is 0 Å². The van der Waals surface area contributed by atoms with Crippen LogP contribution in [0.25, 0.3) is 10.6 Å². The average Bonchev–Trinajstić information content (AvgIpc) is 3.07. The Labute approximate surface area is 117 Å². The molecule has 0 aliphatic heterocycles. The predicted octanol–water partition coefficient (Wildman–Crippen LogP) is 2.86. The van der Waals surface area contributed by atoms with Crippen molar-refractivity contribution in [2.24, 2.45) is 7.05 Å². The lowest BCUT2D eigenvalue weighted by Gasteiger charge is -1.97. The van der Waals surface area contributed by atoms with Gasteiger partial charge in [-0.15, -0.1) is 22.7 Å². The minimum Gasteiger partial charge on any atom is -0.296 e. The Morgan fingerprint density at radius 1 is 1.37 bits per heavy atom. The molecule has 0 bridgehead atoms. The van der Waals surface area contributed by atoms with Gasteiger partial charge in [0.2, 0.25) is 0 Å². The fourth-order valence-electron chi connectivity index (χ4n) is 1.57. The van der Waals surface area contributed by atoms with Crippen molar-refractivity contribution >= 4 is 33.7 Å². The minimum absolute atomic E-state index is 0.243. The van der Waals surface area contributed by atoms with Gasteiger partial charge in [-0.1, -0.05) is 6.07 Å². The summed E-state index contributed by atoms with van der Waals surface area (Å²) in [4.78, 5) is 17.4. The van der Waals surface area contributed by atoms with E-state index in [1.54, 1.807) is 35.3 Å². The molecule has 0 unspecified atom stereocenters. The van der Waals surface area contributed by atoms with Crippen LogP contribution < -0.4 is 5.32 Å². The van der Waals surface area contributed by atoms with Crippen molar-refractivity contribution < 1.29 is 4.79 Å². The fourth-order valence-corrected chi connectivity index (χ4v) is 3.03. The smallest absolute Gasteiger partial charge is 0.277 e. The Morgan fingerprint density at radius 3 is 2.95 bits per heavy atom. The molecular weight excluding hydrogens is 280 g/mol. The van der Waals surface area contributed by atoms with Crippen LogP contribution in [-0.2, 0) is 7.05 Å². The van der Waals surface area contributed by atoms with Crippen LogP contribution in [0.4, 0.5) is 5.13 Å². The van der Waals surface area contributed by atoms with Crippen LogP contribution in [0.2, 0.25) is 0 Å². The summed E-state index contributed by atoms with van der Waals surface area (Å²) < 4.78 is 1.59. The van der Waals surface area contributed by atoms with Gasteiger partial charge in [0.05, 0.1) is 10.6 Å².